The van der Waals surface area contributed by atoms with Crippen molar-refractivity contribution in [2.45, 2.75) is 50.4 Å². The van der Waals surface area contributed by atoms with E-state index in [9.17, 15) is 13.6 Å². The van der Waals surface area contributed by atoms with E-state index >= 15 is 0 Å². The number of carbonyl (C=O) groups excluding carboxylic acids is 1. The number of carbonyl (C=O) groups is 1. The standard InChI is InChI=1S/C23H22F2N2O/c24-20-10-7-17(11-21(20)25)14-1-5-16(6-2-14)23(28)22-19(15-3-4-15)9-8-18-12-26-13-27(18)22/h7-16H,1-6H2. The van der Waals surface area contributed by atoms with E-state index in [1.807, 2.05) is 10.5 Å². The Morgan fingerprint density at radius 3 is 2.39 bits per heavy atom. The summed E-state index contributed by atoms with van der Waals surface area (Å²) in [5.41, 5.74) is 3.73. The molecule has 2 aliphatic rings. The Bertz CT molecular complexity index is 1050. The minimum atomic E-state index is -0.811. The lowest BCUT2D eigenvalue weighted by molar-refractivity contribution is 0.0876. The number of hydrogen-bond donors (Lipinski definition) is 0. The van der Waals surface area contributed by atoms with Crippen LogP contribution in [0.15, 0.2) is 42.9 Å². The quantitative estimate of drug-likeness (QED) is 0.549. The van der Waals surface area contributed by atoms with Crippen molar-refractivity contribution < 1.29 is 13.6 Å². The summed E-state index contributed by atoms with van der Waals surface area (Å²) in [4.78, 5) is 17.7. The number of fused-ring (bicyclic) bond motifs is 1. The smallest absolute Gasteiger partial charge is 0.182 e. The second-order valence-corrected chi connectivity index (χ2v) is 8.19. The zero-order valence-corrected chi connectivity index (χ0v) is 15.6. The van der Waals surface area contributed by atoms with Crippen molar-refractivity contribution in [2.75, 3.05) is 0 Å². The zero-order valence-electron chi connectivity index (χ0n) is 15.6. The molecule has 2 aromatic heterocycles. The summed E-state index contributed by atoms with van der Waals surface area (Å²) in [5.74, 6) is -0.748. The molecular weight excluding hydrogens is 358 g/mol. The molecule has 1 aromatic carbocycles. The minimum Gasteiger partial charge on any atom is -0.296 e. The Labute approximate surface area is 162 Å². The number of Topliss-reactive ketones (excluding diaryl/α,β-unsaturated/α-hetero) is 1. The number of aromatic nitrogens is 2. The molecule has 5 rings (SSSR count). The van der Waals surface area contributed by atoms with Gasteiger partial charge in [0, 0.05) is 5.92 Å². The number of ketones is 1. The highest BCUT2D eigenvalue weighted by Crippen LogP contribution is 2.44. The lowest BCUT2D eigenvalue weighted by Crippen LogP contribution is -2.24. The summed E-state index contributed by atoms with van der Waals surface area (Å²) >= 11 is 0. The maximum Gasteiger partial charge on any atom is 0.182 e. The first kappa shape index (κ1) is 17.5. The van der Waals surface area contributed by atoms with Crippen LogP contribution < -0.4 is 0 Å². The third kappa shape index (κ3) is 3.03. The van der Waals surface area contributed by atoms with E-state index < -0.39 is 11.6 Å². The fourth-order valence-electron chi connectivity index (χ4n) is 4.64. The van der Waals surface area contributed by atoms with E-state index in [0.29, 0.717) is 5.92 Å². The molecule has 3 aromatic rings. The molecule has 2 fully saturated rings. The highest BCUT2D eigenvalue weighted by atomic mass is 19.2. The van der Waals surface area contributed by atoms with Gasteiger partial charge in [-0.1, -0.05) is 12.1 Å². The van der Waals surface area contributed by atoms with E-state index in [0.717, 1.165) is 60.9 Å². The van der Waals surface area contributed by atoms with Crippen molar-refractivity contribution in [3.63, 3.8) is 0 Å². The Morgan fingerprint density at radius 1 is 0.929 bits per heavy atom. The SMILES string of the molecule is O=C(c1c(C2CC2)ccc2cncn12)C1CCC(c2ccc(F)c(F)c2)CC1. The summed E-state index contributed by atoms with van der Waals surface area (Å²) in [6.07, 6.45) is 9.00. The lowest BCUT2D eigenvalue weighted by Gasteiger charge is -2.28. The van der Waals surface area contributed by atoms with Crippen molar-refractivity contribution in [3.8, 4) is 0 Å². The minimum absolute atomic E-state index is 0.0213. The Morgan fingerprint density at radius 2 is 1.68 bits per heavy atom. The molecule has 0 radical (unpaired) electrons. The molecule has 0 bridgehead atoms. The van der Waals surface area contributed by atoms with E-state index in [1.54, 1.807) is 18.6 Å². The van der Waals surface area contributed by atoms with E-state index in [-0.39, 0.29) is 17.6 Å². The maximum absolute atomic E-state index is 13.6. The highest BCUT2D eigenvalue weighted by molar-refractivity contribution is 5.98. The van der Waals surface area contributed by atoms with Crippen LogP contribution in [-0.2, 0) is 0 Å². The molecular formula is C23H22F2N2O. The summed E-state index contributed by atoms with van der Waals surface area (Å²) in [7, 11) is 0. The van der Waals surface area contributed by atoms with Crippen LogP contribution in [-0.4, -0.2) is 15.2 Å². The third-order valence-corrected chi connectivity index (χ3v) is 6.38. The van der Waals surface area contributed by atoms with E-state index in [2.05, 4.69) is 11.1 Å². The molecule has 2 aliphatic carbocycles. The van der Waals surface area contributed by atoms with Gasteiger partial charge in [0.05, 0.1) is 23.7 Å². The van der Waals surface area contributed by atoms with Gasteiger partial charge in [-0.3, -0.25) is 9.20 Å². The van der Waals surface area contributed by atoms with Gasteiger partial charge in [0.25, 0.3) is 0 Å². The van der Waals surface area contributed by atoms with Crippen molar-refractivity contribution >= 4 is 11.3 Å². The Hall–Kier alpha value is -2.56. The first-order chi connectivity index (χ1) is 13.6. The van der Waals surface area contributed by atoms with Crippen molar-refractivity contribution in [1.82, 2.24) is 9.38 Å². The molecule has 0 amide bonds. The first-order valence-electron chi connectivity index (χ1n) is 10.1. The zero-order chi connectivity index (χ0) is 19.3. The summed E-state index contributed by atoms with van der Waals surface area (Å²) in [5, 5.41) is 0. The molecule has 0 aliphatic heterocycles. The van der Waals surface area contributed by atoms with Gasteiger partial charge in [0.2, 0.25) is 0 Å². The van der Waals surface area contributed by atoms with Gasteiger partial charge in [0.15, 0.2) is 17.4 Å². The topological polar surface area (TPSA) is 34.4 Å². The van der Waals surface area contributed by atoms with Gasteiger partial charge < -0.3 is 0 Å². The van der Waals surface area contributed by atoms with Gasteiger partial charge in [-0.2, -0.15) is 0 Å². The van der Waals surface area contributed by atoms with Crippen LogP contribution in [0, 0.1) is 17.6 Å². The van der Waals surface area contributed by atoms with Crippen LogP contribution in [0.3, 0.4) is 0 Å². The first-order valence-corrected chi connectivity index (χ1v) is 10.1. The fourth-order valence-corrected chi connectivity index (χ4v) is 4.64. The van der Waals surface area contributed by atoms with Crippen LogP contribution in [0.25, 0.3) is 5.52 Å². The molecule has 3 nitrogen and oxygen atoms in total. The van der Waals surface area contributed by atoms with Crippen molar-refractivity contribution in [2.24, 2.45) is 5.92 Å². The van der Waals surface area contributed by atoms with Crippen LogP contribution >= 0.6 is 0 Å². The van der Waals surface area contributed by atoms with E-state index in [1.165, 1.54) is 12.1 Å². The lowest BCUT2D eigenvalue weighted by atomic mass is 9.76. The molecule has 2 heterocycles. The average molecular weight is 380 g/mol. The number of rotatable bonds is 4. The van der Waals surface area contributed by atoms with Crippen LogP contribution in [0.2, 0.25) is 0 Å². The van der Waals surface area contributed by atoms with Gasteiger partial charge in [0.1, 0.15) is 0 Å². The molecule has 5 heteroatoms. The molecule has 28 heavy (non-hydrogen) atoms. The van der Waals surface area contributed by atoms with Crippen LogP contribution in [0.1, 0.15) is 72.0 Å². The second-order valence-electron chi connectivity index (χ2n) is 8.19. The maximum atomic E-state index is 13.6. The molecule has 0 unspecified atom stereocenters. The van der Waals surface area contributed by atoms with Crippen LogP contribution in [0.4, 0.5) is 8.78 Å². The van der Waals surface area contributed by atoms with Crippen molar-refractivity contribution in [1.29, 1.82) is 0 Å². The summed E-state index contributed by atoms with van der Waals surface area (Å²) in [6, 6.07) is 8.30. The molecule has 144 valence electrons. The van der Waals surface area contributed by atoms with E-state index in [4.69, 9.17) is 0 Å². The molecule has 0 N–H and O–H groups in total. The number of pyridine rings is 1. The van der Waals surface area contributed by atoms with Crippen LogP contribution in [0.5, 0.6) is 0 Å². The van der Waals surface area contributed by atoms with Gasteiger partial charge in [-0.25, -0.2) is 13.8 Å². The number of imidazole rings is 1. The Kier molecular flexibility index (Phi) is 4.26. The molecule has 0 atom stereocenters. The average Bonchev–Trinajstić information content (AvgIpc) is 3.45. The predicted molar refractivity (Wildman–Crippen MR) is 103 cm³/mol. The number of benzene rings is 1. The predicted octanol–water partition coefficient (Wildman–Crippen LogP) is 5.65. The van der Waals surface area contributed by atoms with Gasteiger partial charge in [-0.15, -0.1) is 0 Å². The van der Waals surface area contributed by atoms with Gasteiger partial charge >= 0.3 is 0 Å². The summed E-state index contributed by atoms with van der Waals surface area (Å²) < 4.78 is 28.7. The fraction of sp³-hybridized carbons (Fsp3) is 0.391. The normalized spacial score (nSPS) is 22.5. The molecule has 0 saturated heterocycles. The third-order valence-electron chi connectivity index (χ3n) is 6.38. The van der Waals surface area contributed by atoms with Gasteiger partial charge in [-0.05, 0) is 79.7 Å². The Balaban J connectivity index is 1.38. The van der Waals surface area contributed by atoms with Crippen molar-refractivity contribution in [3.05, 3.63) is 71.3 Å². The molecule has 2 saturated carbocycles. The summed E-state index contributed by atoms with van der Waals surface area (Å²) in [6.45, 7) is 0. The number of halogens is 2. The number of hydrogen-bond acceptors (Lipinski definition) is 2. The monoisotopic (exact) mass is 380 g/mol. The second kappa shape index (κ2) is 6.80. The molecule has 0 spiro atoms. The number of nitrogens with zero attached hydrogens (tertiary/aromatic N) is 2. The largest absolute Gasteiger partial charge is 0.296 e. The highest BCUT2D eigenvalue weighted by Gasteiger charge is 2.34.